The Morgan fingerprint density at radius 3 is 1.74 bits per heavy atom. The van der Waals surface area contributed by atoms with Crippen molar-refractivity contribution >= 4 is 34.3 Å². The molecule has 0 atom stereocenters. The van der Waals surface area contributed by atoms with Crippen LogP contribution in [0.5, 0.6) is 0 Å². The van der Waals surface area contributed by atoms with Gasteiger partial charge in [-0.2, -0.15) is 0 Å². The lowest BCUT2D eigenvalue weighted by molar-refractivity contribution is 0.349. The van der Waals surface area contributed by atoms with Gasteiger partial charge in [-0.25, -0.2) is 8.42 Å². The van der Waals surface area contributed by atoms with Gasteiger partial charge < -0.3 is 14.2 Å². The molecule has 216 valence electrons. The molecule has 6 aromatic rings. The van der Waals surface area contributed by atoms with Gasteiger partial charge in [0.2, 0.25) is 0 Å². The number of hydrogen-bond donors (Lipinski definition) is 3. The van der Waals surface area contributed by atoms with Gasteiger partial charge in [0.1, 0.15) is 15.6 Å². The molecule has 0 aliphatic heterocycles. The zero-order valence-corrected chi connectivity index (χ0v) is 24.8. The third-order valence-electron chi connectivity index (χ3n) is 7.51. The molecule has 0 fully saturated rings. The number of nitrogens with one attached hydrogen (secondary N) is 1. The van der Waals surface area contributed by atoms with Crippen molar-refractivity contribution in [2.75, 3.05) is 4.72 Å². The monoisotopic (exact) mass is 609 g/mol. The highest BCUT2D eigenvalue weighted by Crippen LogP contribution is 2.64. The maximum atomic E-state index is 13.8. The predicted molar refractivity (Wildman–Crippen MR) is 168 cm³/mol. The molecule has 1 heterocycles. The van der Waals surface area contributed by atoms with Crippen LogP contribution in [0.1, 0.15) is 22.3 Å². The van der Waals surface area contributed by atoms with Crippen LogP contribution in [0, 0.1) is 6.92 Å². The second kappa shape index (κ2) is 11.0. The number of furan rings is 1. The molecule has 0 aliphatic rings. The van der Waals surface area contributed by atoms with Crippen molar-refractivity contribution in [2.24, 2.45) is 0 Å². The maximum absolute atomic E-state index is 13.8. The number of para-hydroxylation sites is 1. The molecular weight excluding hydrogens is 581 g/mol. The summed E-state index contributed by atoms with van der Waals surface area (Å²) in [6.45, 7) is 1.92. The number of hydrogen-bond acceptors (Lipinski definition) is 4. The number of sulfonamides is 1. The molecule has 0 aliphatic carbocycles. The first-order chi connectivity index (χ1) is 20.6. The molecule has 3 N–H and O–H groups in total. The summed E-state index contributed by atoms with van der Waals surface area (Å²) in [7, 11) is -9.00. The molecule has 1 aromatic heterocycles. The first-order valence-electron chi connectivity index (χ1n) is 13.5. The maximum Gasteiger partial charge on any atom is 0.344 e. The summed E-state index contributed by atoms with van der Waals surface area (Å²) in [5.41, 5.74) is 3.44. The molecule has 43 heavy (non-hydrogen) atoms. The summed E-state index contributed by atoms with van der Waals surface area (Å²) in [4.78, 5) is 21.9. The standard InChI is InChI=1S/C34H28NO6PS/c1-24-16-22-29(23-17-24)35-43(39,40)33-30-14-8-9-15-31(30)41-32(33)25-18-20-28(21-19-25)34(42(36,37)38,26-10-4-2-5-11-26)27-12-6-3-7-13-27/h2-23,35H,1H3,(H2,36,37,38). The summed E-state index contributed by atoms with van der Waals surface area (Å²) >= 11 is 0. The van der Waals surface area contributed by atoms with Crippen molar-refractivity contribution in [3.8, 4) is 11.3 Å². The minimum absolute atomic E-state index is 0.0243. The van der Waals surface area contributed by atoms with E-state index in [1.54, 1.807) is 121 Å². The van der Waals surface area contributed by atoms with Gasteiger partial charge in [-0.3, -0.25) is 9.29 Å². The van der Waals surface area contributed by atoms with Crippen LogP contribution in [-0.2, 0) is 19.7 Å². The summed E-state index contributed by atoms with van der Waals surface area (Å²) in [6.07, 6.45) is 0. The minimum Gasteiger partial charge on any atom is -0.455 e. The highest BCUT2D eigenvalue weighted by Gasteiger charge is 2.51. The molecule has 5 aromatic carbocycles. The summed E-state index contributed by atoms with van der Waals surface area (Å²) in [5, 5.41) is -1.39. The van der Waals surface area contributed by atoms with Crippen LogP contribution in [0.3, 0.4) is 0 Å². The van der Waals surface area contributed by atoms with E-state index in [1.165, 1.54) is 0 Å². The Morgan fingerprint density at radius 2 is 1.19 bits per heavy atom. The Morgan fingerprint density at radius 1 is 0.674 bits per heavy atom. The van der Waals surface area contributed by atoms with E-state index in [-0.39, 0.29) is 10.7 Å². The fourth-order valence-corrected chi connectivity index (χ4v) is 8.40. The SMILES string of the molecule is Cc1ccc(NS(=O)(=O)c2c(-c3ccc(C(c4ccccc4)(c4ccccc4)P(=O)(O)O)cc3)oc3ccccc23)cc1. The summed E-state index contributed by atoms with van der Waals surface area (Å²) in [5.74, 6) is 0.119. The molecule has 0 saturated carbocycles. The van der Waals surface area contributed by atoms with E-state index in [9.17, 15) is 22.8 Å². The van der Waals surface area contributed by atoms with E-state index >= 15 is 0 Å². The Bertz CT molecular complexity index is 2010. The van der Waals surface area contributed by atoms with Gasteiger partial charge in [0.15, 0.2) is 5.76 Å². The molecule has 0 spiro atoms. The third-order valence-corrected chi connectivity index (χ3v) is 10.6. The van der Waals surface area contributed by atoms with E-state index in [0.717, 1.165) is 5.56 Å². The zero-order valence-electron chi connectivity index (χ0n) is 23.1. The van der Waals surface area contributed by atoms with E-state index in [1.807, 2.05) is 19.1 Å². The molecule has 0 saturated heterocycles. The van der Waals surface area contributed by atoms with Crippen LogP contribution < -0.4 is 4.72 Å². The summed E-state index contributed by atoms with van der Waals surface area (Å²) < 4.78 is 49.9. The Kier molecular flexibility index (Phi) is 7.32. The molecule has 0 amide bonds. The van der Waals surface area contributed by atoms with Crippen molar-refractivity contribution < 1.29 is 27.2 Å². The second-order valence-corrected chi connectivity index (χ2v) is 13.7. The lowest BCUT2D eigenvalue weighted by Crippen LogP contribution is -2.29. The van der Waals surface area contributed by atoms with Crippen LogP contribution in [-0.4, -0.2) is 18.2 Å². The third kappa shape index (κ3) is 5.09. The van der Waals surface area contributed by atoms with E-state index in [2.05, 4.69) is 4.72 Å². The molecule has 9 heteroatoms. The van der Waals surface area contributed by atoms with Gasteiger partial charge in [-0.1, -0.05) is 115 Å². The Hall–Kier alpha value is -4.46. The minimum atomic E-state index is -4.89. The van der Waals surface area contributed by atoms with Crippen LogP contribution in [0.2, 0.25) is 0 Å². The Labute approximate surface area is 249 Å². The number of aryl methyl sites for hydroxylation is 1. The van der Waals surface area contributed by atoms with E-state index in [4.69, 9.17) is 4.42 Å². The van der Waals surface area contributed by atoms with Crippen molar-refractivity contribution in [3.63, 3.8) is 0 Å². The van der Waals surface area contributed by atoms with Crippen molar-refractivity contribution in [1.82, 2.24) is 0 Å². The average Bonchev–Trinajstić information content (AvgIpc) is 3.40. The normalized spacial score (nSPS) is 12.3. The molecule has 7 nitrogen and oxygen atoms in total. The van der Waals surface area contributed by atoms with Gasteiger partial charge in [0, 0.05) is 16.6 Å². The molecule has 0 radical (unpaired) electrons. The smallest absolute Gasteiger partial charge is 0.344 e. The predicted octanol–water partition coefficient (Wildman–Crippen LogP) is 7.68. The van der Waals surface area contributed by atoms with Gasteiger partial charge in [-0.15, -0.1) is 0 Å². The van der Waals surface area contributed by atoms with Gasteiger partial charge in [-0.05, 0) is 47.9 Å². The van der Waals surface area contributed by atoms with Gasteiger partial charge >= 0.3 is 7.60 Å². The van der Waals surface area contributed by atoms with Crippen molar-refractivity contribution in [3.05, 3.63) is 156 Å². The molecule has 6 rings (SSSR count). The van der Waals surface area contributed by atoms with Crippen molar-refractivity contribution in [2.45, 2.75) is 17.0 Å². The highest BCUT2D eigenvalue weighted by molar-refractivity contribution is 7.93. The molecular formula is C34H28NO6PS. The van der Waals surface area contributed by atoms with E-state index < -0.39 is 22.8 Å². The first-order valence-corrected chi connectivity index (χ1v) is 16.6. The van der Waals surface area contributed by atoms with Gasteiger partial charge in [0.25, 0.3) is 10.0 Å². The van der Waals surface area contributed by atoms with Crippen LogP contribution in [0.4, 0.5) is 5.69 Å². The lowest BCUT2D eigenvalue weighted by atomic mass is 9.83. The van der Waals surface area contributed by atoms with Crippen molar-refractivity contribution in [1.29, 1.82) is 0 Å². The van der Waals surface area contributed by atoms with E-state index in [0.29, 0.717) is 38.9 Å². The molecule has 0 unspecified atom stereocenters. The topological polar surface area (TPSA) is 117 Å². The summed E-state index contributed by atoms with van der Waals surface area (Å²) in [6, 6.07) is 37.7. The van der Waals surface area contributed by atoms with Crippen LogP contribution >= 0.6 is 7.60 Å². The van der Waals surface area contributed by atoms with Gasteiger partial charge in [0.05, 0.1) is 0 Å². The fraction of sp³-hybridized carbons (Fsp3) is 0.0588. The Balaban J connectivity index is 1.53. The molecule has 0 bridgehead atoms. The second-order valence-electron chi connectivity index (χ2n) is 10.3. The number of benzene rings is 5. The van der Waals surface area contributed by atoms with Crippen LogP contribution in [0.15, 0.2) is 143 Å². The number of anilines is 1. The fourth-order valence-electron chi connectivity index (χ4n) is 5.53. The lowest BCUT2D eigenvalue weighted by Gasteiger charge is -2.36. The van der Waals surface area contributed by atoms with Crippen LogP contribution in [0.25, 0.3) is 22.3 Å². The number of rotatable bonds is 8. The quantitative estimate of drug-likeness (QED) is 0.120. The zero-order chi connectivity index (χ0) is 30.2. The largest absolute Gasteiger partial charge is 0.455 e. The first kappa shape index (κ1) is 28.6. The average molecular weight is 610 g/mol. The number of fused-ring (bicyclic) bond motifs is 1. The highest BCUT2D eigenvalue weighted by atomic mass is 32.2.